The average molecular weight is 282 g/mol. The Kier molecular flexibility index (Phi) is 5.40. The number of alkyl carbamates (subject to hydrolysis) is 1. The molecule has 0 aromatic heterocycles. The lowest BCUT2D eigenvalue weighted by atomic mass is 10.0. The Morgan fingerprint density at radius 2 is 2.10 bits per heavy atom. The number of ether oxygens (including phenoxy) is 2. The van der Waals surface area contributed by atoms with Crippen molar-refractivity contribution in [3.05, 3.63) is 12.7 Å². The molecule has 2 aliphatic heterocycles. The van der Waals surface area contributed by atoms with Crippen molar-refractivity contribution >= 4 is 12.0 Å². The van der Waals surface area contributed by atoms with E-state index in [0.29, 0.717) is 19.7 Å². The van der Waals surface area contributed by atoms with Gasteiger partial charge in [0.2, 0.25) is 0 Å². The molecule has 1 unspecified atom stereocenters. The molecule has 0 bridgehead atoms. The smallest absolute Gasteiger partial charge is 0.407 e. The molecule has 2 heterocycles. The van der Waals surface area contributed by atoms with Gasteiger partial charge in [0, 0.05) is 25.7 Å². The van der Waals surface area contributed by atoms with E-state index in [4.69, 9.17) is 9.47 Å². The number of hydrogen-bond acceptors (Lipinski definition) is 4. The lowest BCUT2D eigenvalue weighted by Crippen LogP contribution is -2.49. The maximum Gasteiger partial charge on any atom is 0.407 e. The fraction of sp³-hybridized carbons (Fsp3) is 0.714. The van der Waals surface area contributed by atoms with E-state index >= 15 is 0 Å². The zero-order chi connectivity index (χ0) is 14.4. The SMILES string of the molecule is C=CCOC(=O)NC1CCN(C(=O)C2CCCO2)CC1. The first-order chi connectivity index (χ1) is 9.70. The number of nitrogens with one attached hydrogen (secondary N) is 1. The number of amides is 2. The number of rotatable bonds is 4. The van der Waals surface area contributed by atoms with Crippen LogP contribution in [0, 0.1) is 0 Å². The van der Waals surface area contributed by atoms with Crippen LogP contribution in [0.1, 0.15) is 25.7 Å². The molecule has 2 saturated heterocycles. The van der Waals surface area contributed by atoms with Gasteiger partial charge >= 0.3 is 6.09 Å². The minimum atomic E-state index is -0.422. The van der Waals surface area contributed by atoms with Gasteiger partial charge in [-0.25, -0.2) is 4.79 Å². The molecule has 112 valence electrons. The van der Waals surface area contributed by atoms with Crippen molar-refractivity contribution in [1.82, 2.24) is 10.2 Å². The van der Waals surface area contributed by atoms with Crippen LogP contribution in [-0.2, 0) is 14.3 Å². The summed E-state index contributed by atoms with van der Waals surface area (Å²) in [6, 6.07) is 0.0702. The van der Waals surface area contributed by atoms with Gasteiger partial charge in [-0.1, -0.05) is 12.7 Å². The molecule has 0 radical (unpaired) electrons. The van der Waals surface area contributed by atoms with Crippen LogP contribution in [0.15, 0.2) is 12.7 Å². The van der Waals surface area contributed by atoms with Crippen molar-refractivity contribution in [3.8, 4) is 0 Å². The van der Waals surface area contributed by atoms with Gasteiger partial charge in [0.25, 0.3) is 5.91 Å². The Hall–Kier alpha value is -1.56. The van der Waals surface area contributed by atoms with Crippen molar-refractivity contribution in [1.29, 1.82) is 0 Å². The highest BCUT2D eigenvalue weighted by Gasteiger charge is 2.31. The number of hydrogen-bond donors (Lipinski definition) is 1. The second-order valence-corrected chi connectivity index (χ2v) is 5.13. The number of carbonyl (C=O) groups is 2. The molecular formula is C14H22N2O4. The average Bonchev–Trinajstić information content (AvgIpc) is 2.99. The van der Waals surface area contributed by atoms with E-state index in [-0.39, 0.29) is 24.7 Å². The van der Waals surface area contributed by atoms with Crippen LogP contribution in [0.25, 0.3) is 0 Å². The van der Waals surface area contributed by atoms with E-state index in [1.165, 1.54) is 6.08 Å². The molecule has 2 amide bonds. The molecule has 0 aromatic carbocycles. The zero-order valence-corrected chi connectivity index (χ0v) is 11.7. The molecule has 2 aliphatic rings. The van der Waals surface area contributed by atoms with Gasteiger partial charge in [0.05, 0.1) is 0 Å². The predicted octanol–water partition coefficient (Wildman–Crippen LogP) is 1.07. The van der Waals surface area contributed by atoms with Gasteiger partial charge in [0.15, 0.2) is 0 Å². The molecule has 2 rings (SSSR count). The van der Waals surface area contributed by atoms with Gasteiger partial charge in [-0.15, -0.1) is 0 Å². The summed E-state index contributed by atoms with van der Waals surface area (Å²) in [6.45, 7) is 5.70. The lowest BCUT2D eigenvalue weighted by Gasteiger charge is -2.33. The van der Waals surface area contributed by atoms with Crippen LogP contribution in [0.3, 0.4) is 0 Å². The van der Waals surface area contributed by atoms with Crippen LogP contribution in [-0.4, -0.2) is 55.3 Å². The molecule has 6 nitrogen and oxygen atoms in total. The first kappa shape index (κ1) is 14.8. The lowest BCUT2D eigenvalue weighted by molar-refractivity contribution is -0.142. The maximum absolute atomic E-state index is 12.1. The second kappa shape index (κ2) is 7.28. The highest BCUT2D eigenvalue weighted by molar-refractivity contribution is 5.81. The standard InChI is InChI=1S/C14H22N2O4/c1-2-9-20-14(18)15-11-5-7-16(8-6-11)13(17)12-4-3-10-19-12/h2,11-12H,1,3-10H2,(H,15,18). The van der Waals surface area contributed by atoms with Gasteiger partial charge < -0.3 is 19.7 Å². The van der Waals surface area contributed by atoms with E-state index in [1.54, 1.807) is 0 Å². The van der Waals surface area contributed by atoms with Gasteiger partial charge in [-0.3, -0.25) is 4.79 Å². The summed E-state index contributed by atoms with van der Waals surface area (Å²) in [5.74, 6) is 0.0928. The molecule has 0 aromatic rings. The van der Waals surface area contributed by atoms with E-state index in [9.17, 15) is 9.59 Å². The monoisotopic (exact) mass is 282 g/mol. The summed E-state index contributed by atoms with van der Waals surface area (Å²) in [6.07, 6.45) is 4.14. The van der Waals surface area contributed by atoms with E-state index < -0.39 is 6.09 Å². The Balaban J connectivity index is 1.70. The zero-order valence-electron chi connectivity index (χ0n) is 11.7. The van der Waals surface area contributed by atoms with E-state index in [2.05, 4.69) is 11.9 Å². The van der Waals surface area contributed by atoms with Crippen LogP contribution in [0.2, 0.25) is 0 Å². The third kappa shape index (κ3) is 3.96. The third-order valence-electron chi connectivity index (χ3n) is 3.67. The van der Waals surface area contributed by atoms with Gasteiger partial charge in [0.1, 0.15) is 12.7 Å². The Labute approximate surface area is 119 Å². The molecule has 20 heavy (non-hydrogen) atoms. The summed E-state index contributed by atoms with van der Waals surface area (Å²) in [4.78, 5) is 25.4. The summed E-state index contributed by atoms with van der Waals surface area (Å²) in [5, 5.41) is 2.80. The third-order valence-corrected chi connectivity index (χ3v) is 3.67. The Bertz CT molecular complexity index is 358. The van der Waals surface area contributed by atoms with Crippen LogP contribution < -0.4 is 5.32 Å². The minimum Gasteiger partial charge on any atom is -0.445 e. The molecule has 1 atom stereocenters. The van der Waals surface area contributed by atoms with Crippen molar-refractivity contribution in [2.75, 3.05) is 26.3 Å². The van der Waals surface area contributed by atoms with E-state index in [0.717, 1.165) is 25.7 Å². The summed E-state index contributed by atoms with van der Waals surface area (Å²) in [5.41, 5.74) is 0. The predicted molar refractivity (Wildman–Crippen MR) is 73.3 cm³/mol. The Morgan fingerprint density at radius 3 is 2.70 bits per heavy atom. The topological polar surface area (TPSA) is 67.9 Å². The number of carbonyl (C=O) groups excluding carboxylic acids is 2. The second-order valence-electron chi connectivity index (χ2n) is 5.13. The Morgan fingerprint density at radius 1 is 1.35 bits per heavy atom. The van der Waals surface area contributed by atoms with Crippen molar-refractivity contribution in [2.24, 2.45) is 0 Å². The first-order valence-electron chi connectivity index (χ1n) is 7.15. The highest BCUT2D eigenvalue weighted by Crippen LogP contribution is 2.18. The van der Waals surface area contributed by atoms with Crippen LogP contribution in [0.5, 0.6) is 0 Å². The first-order valence-corrected chi connectivity index (χ1v) is 7.15. The molecular weight excluding hydrogens is 260 g/mol. The maximum atomic E-state index is 12.1. The van der Waals surface area contributed by atoms with E-state index in [1.807, 2.05) is 4.90 Å². The van der Waals surface area contributed by atoms with Crippen molar-refractivity contribution < 1.29 is 19.1 Å². The molecule has 6 heteroatoms. The molecule has 0 spiro atoms. The quantitative estimate of drug-likeness (QED) is 0.783. The fourth-order valence-corrected chi connectivity index (χ4v) is 2.56. The number of piperidine rings is 1. The summed E-state index contributed by atoms with van der Waals surface area (Å²) < 4.78 is 10.3. The van der Waals surface area contributed by atoms with Gasteiger partial charge in [-0.2, -0.15) is 0 Å². The van der Waals surface area contributed by atoms with Crippen LogP contribution in [0.4, 0.5) is 4.79 Å². The molecule has 1 N–H and O–H groups in total. The van der Waals surface area contributed by atoms with Gasteiger partial charge in [-0.05, 0) is 25.7 Å². The number of likely N-dealkylation sites (tertiary alicyclic amines) is 1. The van der Waals surface area contributed by atoms with Crippen molar-refractivity contribution in [3.63, 3.8) is 0 Å². The fourth-order valence-electron chi connectivity index (χ4n) is 2.56. The van der Waals surface area contributed by atoms with Crippen molar-refractivity contribution in [2.45, 2.75) is 37.8 Å². The highest BCUT2D eigenvalue weighted by atomic mass is 16.5. The number of nitrogens with zero attached hydrogens (tertiary/aromatic N) is 1. The largest absolute Gasteiger partial charge is 0.445 e. The van der Waals surface area contributed by atoms with Crippen LogP contribution >= 0.6 is 0 Å². The molecule has 0 saturated carbocycles. The minimum absolute atomic E-state index is 0.0702. The molecule has 0 aliphatic carbocycles. The normalized spacial score (nSPS) is 23.4. The summed E-state index contributed by atoms with van der Waals surface area (Å²) in [7, 11) is 0. The molecule has 2 fully saturated rings. The summed E-state index contributed by atoms with van der Waals surface area (Å²) >= 11 is 0.